The van der Waals surface area contributed by atoms with E-state index in [1.54, 1.807) is 19.5 Å². The van der Waals surface area contributed by atoms with Gasteiger partial charge in [-0.2, -0.15) is 0 Å². The zero-order chi connectivity index (χ0) is 13.1. The molecule has 2 atom stereocenters. The Morgan fingerprint density at radius 2 is 2.06 bits per heavy atom. The number of hydrogen-bond donors (Lipinski definition) is 1. The molecule has 0 aliphatic carbocycles. The Labute approximate surface area is 111 Å². The molecule has 0 aromatic carbocycles. The van der Waals surface area contributed by atoms with Gasteiger partial charge < -0.3 is 9.84 Å². The lowest BCUT2D eigenvalue weighted by Gasteiger charge is -2.33. The van der Waals surface area contributed by atoms with E-state index in [0.717, 1.165) is 10.0 Å². The second kappa shape index (κ2) is 5.94. The van der Waals surface area contributed by atoms with Gasteiger partial charge in [0.25, 0.3) is 0 Å². The minimum absolute atomic E-state index is 0.0897. The van der Waals surface area contributed by atoms with E-state index in [4.69, 9.17) is 4.74 Å². The van der Waals surface area contributed by atoms with E-state index in [1.807, 2.05) is 6.07 Å². The summed E-state index contributed by atoms with van der Waals surface area (Å²) in [5.41, 5.74) is 0.909. The van der Waals surface area contributed by atoms with Gasteiger partial charge in [-0.25, -0.2) is 0 Å². The standard InChI is InChI=1S/C13H20BrNO2/c1-13(2,3)12(17-4)11(16)6-9-5-10(14)8-15-7-9/h5,7-8,11-12,16H,6H2,1-4H3. The van der Waals surface area contributed by atoms with Gasteiger partial charge in [-0.15, -0.1) is 0 Å². The summed E-state index contributed by atoms with van der Waals surface area (Å²) in [6.07, 6.45) is 3.32. The molecule has 1 heterocycles. The van der Waals surface area contributed by atoms with Crippen molar-refractivity contribution >= 4 is 15.9 Å². The van der Waals surface area contributed by atoms with Crippen LogP contribution in [-0.2, 0) is 11.2 Å². The summed E-state index contributed by atoms with van der Waals surface area (Å²) in [7, 11) is 1.64. The molecule has 1 aromatic rings. The minimum Gasteiger partial charge on any atom is -0.390 e. The predicted molar refractivity (Wildman–Crippen MR) is 71.9 cm³/mol. The molecule has 0 saturated carbocycles. The van der Waals surface area contributed by atoms with E-state index in [2.05, 4.69) is 41.7 Å². The first kappa shape index (κ1) is 14.6. The van der Waals surface area contributed by atoms with Crippen LogP contribution in [0.1, 0.15) is 26.3 Å². The van der Waals surface area contributed by atoms with Gasteiger partial charge in [-0.05, 0) is 33.0 Å². The highest BCUT2D eigenvalue weighted by molar-refractivity contribution is 9.10. The van der Waals surface area contributed by atoms with Gasteiger partial charge in [0.15, 0.2) is 0 Å². The molecule has 0 amide bonds. The molecule has 0 fully saturated rings. The van der Waals surface area contributed by atoms with Crippen LogP contribution < -0.4 is 0 Å². The van der Waals surface area contributed by atoms with Crippen LogP contribution in [0.4, 0.5) is 0 Å². The molecule has 1 N–H and O–H groups in total. The fourth-order valence-electron chi connectivity index (χ4n) is 2.00. The van der Waals surface area contributed by atoms with Crippen LogP contribution in [0.3, 0.4) is 0 Å². The van der Waals surface area contributed by atoms with Gasteiger partial charge >= 0.3 is 0 Å². The van der Waals surface area contributed by atoms with Gasteiger partial charge in [0.2, 0.25) is 0 Å². The Bertz CT molecular complexity index is 363. The van der Waals surface area contributed by atoms with Gasteiger partial charge in [-0.3, -0.25) is 4.98 Å². The van der Waals surface area contributed by atoms with Crippen LogP contribution in [-0.4, -0.2) is 29.4 Å². The average Bonchev–Trinajstić information content (AvgIpc) is 2.15. The van der Waals surface area contributed by atoms with Gasteiger partial charge in [0.05, 0.1) is 12.2 Å². The molecule has 0 aliphatic rings. The van der Waals surface area contributed by atoms with E-state index in [-0.39, 0.29) is 11.5 Å². The van der Waals surface area contributed by atoms with E-state index in [9.17, 15) is 5.11 Å². The second-order valence-electron chi connectivity index (χ2n) is 5.31. The summed E-state index contributed by atoms with van der Waals surface area (Å²) >= 11 is 3.37. The van der Waals surface area contributed by atoms with Gasteiger partial charge in [0, 0.05) is 30.4 Å². The smallest absolute Gasteiger partial charge is 0.0881 e. The SMILES string of the molecule is COC(C(O)Cc1cncc(Br)c1)C(C)(C)C. The lowest BCUT2D eigenvalue weighted by Crippen LogP contribution is -2.40. The third kappa shape index (κ3) is 4.37. The highest BCUT2D eigenvalue weighted by atomic mass is 79.9. The summed E-state index contributed by atoms with van der Waals surface area (Å²) < 4.78 is 6.32. The molecule has 3 nitrogen and oxygen atoms in total. The van der Waals surface area contributed by atoms with Crippen molar-refractivity contribution in [1.82, 2.24) is 4.98 Å². The molecular formula is C13H20BrNO2. The van der Waals surface area contributed by atoms with Crippen molar-refractivity contribution in [3.63, 3.8) is 0 Å². The number of aliphatic hydroxyl groups is 1. The van der Waals surface area contributed by atoms with Gasteiger partial charge in [0.1, 0.15) is 0 Å². The summed E-state index contributed by atoms with van der Waals surface area (Å²) in [6.45, 7) is 6.18. The molecule has 17 heavy (non-hydrogen) atoms. The molecule has 1 rings (SSSR count). The summed E-state index contributed by atoms with van der Waals surface area (Å²) in [5, 5.41) is 10.2. The molecule has 4 heteroatoms. The number of rotatable bonds is 4. The summed E-state index contributed by atoms with van der Waals surface area (Å²) in [4.78, 5) is 4.09. The highest BCUT2D eigenvalue weighted by Crippen LogP contribution is 2.26. The summed E-state index contributed by atoms with van der Waals surface area (Å²) in [6, 6.07) is 1.96. The van der Waals surface area contributed by atoms with Crippen LogP contribution in [0.2, 0.25) is 0 Å². The normalized spacial score (nSPS) is 15.6. The molecule has 0 saturated heterocycles. The maximum absolute atomic E-state index is 10.2. The van der Waals surface area contributed by atoms with Crippen molar-refractivity contribution < 1.29 is 9.84 Å². The van der Waals surface area contributed by atoms with Crippen LogP contribution in [0.5, 0.6) is 0 Å². The molecule has 0 aliphatic heterocycles. The topological polar surface area (TPSA) is 42.4 Å². The molecular weight excluding hydrogens is 282 g/mol. The Hall–Kier alpha value is -0.450. The maximum atomic E-state index is 10.2. The number of pyridine rings is 1. The molecule has 0 bridgehead atoms. The van der Waals surface area contributed by atoms with Crippen LogP contribution >= 0.6 is 15.9 Å². The molecule has 0 spiro atoms. The third-order valence-electron chi connectivity index (χ3n) is 2.66. The first-order chi connectivity index (χ1) is 7.84. The fourth-order valence-corrected chi connectivity index (χ4v) is 2.42. The van der Waals surface area contributed by atoms with E-state index in [1.165, 1.54) is 0 Å². The van der Waals surface area contributed by atoms with Gasteiger partial charge in [-0.1, -0.05) is 20.8 Å². The first-order valence-corrected chi connectivity index (χ1v) is 6.44. The largest absolute Gasteiger partial charge is 0.390 e. The van der Waals surface area contributed by atoms with Crippen molar-refractivity contribution in [3.8, 4) is 0 Å². The number of ether oxygens (including phenoxy) is 1. The Kier molecular flexibility index (Phi) is 5.10. The molecule has 96 valence electrons. The monoisotopic (exact) mass is 301 g/mol. The summed E-state index contributed by atoms with van der Waals surface area (Å²) in [5.74, 6) is 0. The zero-order valence-corrected chi connectivity index (χ0v) is 12.4. The Morgan fingerprint density at radius 1 is 1.41 bits per heavy atom. The predicted octanol–water partition coefficient (Wildman–Crippen LogP) is 2.81. The lowest BCUT2D eigenvalue weighted by molar-refractivity contribution is -0.0699. The van der Waals surface area contributed by atoms with E-state index in [0.29, 0.717) is 6.42 Å². The van der Waals surface area contributed by atoms with E-state index < -0.39 is 6.10 Å². The minimum atomic E-state index is -0.531. The quantitative estimate of drug-likeness (QED) is 0.930. The van der Waals surface area contributed by atoms with E-state index >= 15 is 0 Å². The zero-order valence-electron chi connectivity index (χ0n) is 10.8. The van der Waals surface area contributed by atoms with Crippen molar-refractivity contribution in [2.75, 3.05) is 7.11 Å². The van der Waals surface area contributed by atoms with Crippen LogP contribution in [0.15, 0.2) is 22.9 Å². The lowest BCUT2D eigenvalue weighted by atomic mass is 9.84. The fraction of sp³-hybridized carbons (Fsp3) is 0.615. The van der Waals surface area contributed by atoms with Crippen molar-refractivity contribution in [1.29, 1.82) is 0 Å². The molecule has 2 unspecified atom stereocenters. The van der Waals surface area contributed by atoms with Crippen LogP contribution in [0.25, 0.3) is 0 Å². The highest BCUT2D eigenvalue weighted by Gasteiger charge is 2.31. The third-order valence-corrected chi connectivity index (χ3v) is 3.10. The average molecular weight is 302 g/mol. The number of hydrogen-bond acceptors (Lipinski definition) is 3. The molecule has 0 radical (unpaired) electrons. The number of nitrogens with zero attached hydrogens (tertiary/aromatic N) is 1. The van der Waals surface area contributed by atoms with Crippen LogP contribution in [0, 0.1) is 5.41 Å². The number of aliphatic hydroxyl groups excluding tert-OH is 1. The first-order valence-electron chi connectivity index (χ1n) is 5.65. The number of methoxy groups -OCH3 is 1. The van der Waals surface area contributed by atoms with Crippen molar-refractivity contribution in [3.05, 3.63) is 28.5 Å². The van der Waals surface area contributed by atoms with Crippen molar-refractivity contribution in [2.24, 2.45) is 5.41 Å². The Balaban J connectivity index is 2.74. The van der Waals surface area contributed by atoms with Crippen molar-refractivity contribution in [2.45, 2.75) is 39.4 Å². The molecule has 1 aromatic heterocycles. The second-order valence-corrected chi connectivity index (χ2v) is 6.22. The number of halogens is 1. The number of aromatic nitrogens is 1. The maximum Gasteiger partial charge on any atom is 0.0881 e. The Morgan fingerprint density at radius 3 is 2.53 bits per heavy atom.